The molecule has 0 saturated carbocycles. The van der Waals surface area contributed by atoms with E-state index in [0.29, 0.717) is 22.1 Å². The zero-order valence-corrected chi connectivity index (χ0v) is 12.9. The van der Waals surface area contributed by atoms with Crippen molar-refractivity contribution < 1.29 is 13.6 Å². The van der Waals surface area contributed by atoms with E-state index in [1.807, 2.05) is 0 Å². The van der Waals surface area contributed by atoms with Crippen LogP contribution < -0.4 is 5.32 Å². The van der Waals surface area contributed by atoms with E-state index in [4.69, 9.17) is 4.42 Å². The summed E-state index contributed by atoms with van der Waals surface area (Å²) < 4.78 is 18.3. The fourth-order valence-corrected chi connectivity index (χ4v) is 3.43. The molecule has 0 aliphatic carbocycles. The lowest BCUT2D eigenvalue weighted by Gasteiger charge is -2.23. The first-order chi connectivity index (χ1) is 11.2. The molecule has 0 saturated heterocycles. The molecule has 1 N–H and O–H groups in total. The lowest BCUT2D eigenvalue weighted by Crippen LogP contribution is -2.30. The number of benzene rings is 1. The van der Waals surface area contributed by atoms with Crippen LogP contribution in [0.25, 0.3) is 0 Å². The molecular formula is C17H13FN2O2S. The third-order valence-corrected chi connectivity index (χ3v) is 4.63. The van der Waals surface area contributed by atoms with Crippen LogP contribution in [0.1, 0.15) is 23.7 Å². The van der Waals surface area contributed by atoms with Crippen molar-refractivity contribution in [3.8, 4) is 6.07 Å². The first-order valence-corrected chi connectivity index (χ1v) is 8.00. The molecule has 0 spiro atoms. The van der Waals surface area contributed by atoms with Gasteiger partial charge in [-0.05, 0) is 29.8 Å². The summed E-state index contributed by atoms with van der Waals surface area (Å²) in [6, 6.07) is 11.8. The van der Waals surface area contributed by atoms with Gasteiger partial charge in [-0.25, -0.2) is 4.39 Å². The Morgan fingerprint density at radius 3 is 2.78 bits per heavy atom. The molecular weight excluding hydrogens is 315 g/mol. The Labute approximate surface area is 137 Å². The van der Waals surface area contributed by atoms with Crippen molar-refractivity contribution in [1.82, 2.24) is 5.32 Å². The van der Waals surface area contributed by atoms with Crippen LogP contribution in [-0.2, 0) is 10.5 Å². The highest BCUT2D eigenvalue weighted by atomic mass is 32.2. The minimum absolute atomic E-state index is 0.146. The summed E-state index contributed by atoms with van der Waals surface area (Å²) in [5.74, 6) is 0.341. The number of carbonyl (C=O) groups is 1. The molecule has 1 aromatic heterocycles. The van der Waals surface area contributed by atoms with Gasteiger partial charge in [0.05, 0.1) is 28.9 Å². The molecule has 1 atom stereocenters. The SMILES string of the molecule is N#CC1=C(SCc2ccc(F)cc2)NC(=O)C[C@H]1c1ccco1. The van der Waals surface area contributed by atoms with Gasteiger partial charge in [-0.2, -0.15) is 5.26 Å². The minimum atomic E-state index is -0.362. The van der Waals surface area contributed by atoms with Gasteiger partial charge >= 0.3 is 0 Å². The number of hydrogen-bond acceptors (Lipinski definition) is 4. The summed E-state index contributed by atoms with van der Waals surface area (Å²) in [5.41, 5.74) is 1.40. The summed E-state index contributed by atoms with van der Waals surface area (Å²) in [6.07, 6.45) is 1.72. The number of nitriles is 1. The standard InChI is InChI=1S/C17H13FN2O2S/c18-12-5-3-11(4-6-12)10-23-17-14(9-19)13(8-16(21)20-17)15-2-1-7-22-15/h1-7,13H,8,10H2,(H,20,21)/t13-/m1/s1. The topological polar surface area (TPSA) is 66.0 Å². The first-order valence-electron chi connectivity index (χ1n) is 7.02. The zero-order chi connectivity index (χ0) is 16.2. The number of rotatable bonds is 4. The number of furan rings is 1. The average Bonchev–Trinajstić information content (AvgIpc) is 3.08. The van der Waals surface area contributed by atoms with Crippen LogP contribution in [0.3, 0.4) is 0 Å². The summed E-state index contributed by atoms with van der Waals surface area (Å²) >= 11 is 1.35. The Morgan fingerprint density at radius 1 is 1.35 bits per heavy atom. The number of nitrogens with one attached hydrogen (secondary N) is 1. The molecule has 1 aliphatic rings. The molecule has 0 bridgehead atoms. The van der Waals surface area contributed by atoms with Gasteiger partial charge in [0.2, 0.25) is 5.91 Å². The summed E-state index contributed by atoms with van der Waals surface area (Å²) in [5, 5.41) is 12.8. The molecule has 116 valence electrons. The highest BCUT2D eigenvalue weighted by molar-refractivity contribution is 8.02. The van der Waals surface area contributed by atoms with Crippen LogP contribution >= 0.6 is 11.8 Å². The lowest BCUT2D eigenvalue weighted by atomic mass is 9.92. The van der Waals surface area contributed by atoms with Gasteiger partial charge in [-0.15, -0.1) is 11.8 Å². The van der Waals surface area contributed by atoms with Crippen LogP contribution in [0, 0.1) is 17.1 Å². The van der Waals surface area contributed by atoms with Crippen molar-refractivity contribution >= 4 is 17.7 Å². The molecule has 2 heterocycles. The van der Waals surface area contributed by atoms with Gasteiger partial charge in [-0.1, -0.05) is 12.1 Å². The Kier molecular flexibility index (Phi) is 4.49. The highest BCUT2D eigenvalue weighted by Gasteiger charge is 2.31. The van der Waals surface area contributed by atoms with E-state index >= 15 is 0 Å². The van der Waals surface area contributed by atoms with Gasteiger partial charge in [0.15, 0.2) is 0 Å². The number of thioether (sulfide) groups is 1. The van der Waals surface area contributed by atoms with E-state index in [1.165, 1.54) is 30.2 Å². The number of carbonyl (C=O) groups excluding carboxylic acids is 1. The molecule has 0 radical (unpaired) electrons. The number of allylic oxidation sites excluding steroid dienone is 1. The van der Waals surface area contributed by atoms with Gasteiger partial charge in [0, 0.05) is 12.2 Å². The molecule has 4 nitrogen and oxygen atoms in total. The van der Waals surface area contributed by atoms with Crippen LogP contribution in [0.15, 0.2) is 57.7 Å². The van der Waals surface area contributed by atoms with Crippen molar-refractivity contribution in [2.45, 2.75) is 18.1 Å². The first kappa shape index (κ1) is 15.4. The van der Waals surface area contributed by atoms with E-state index in [-0.39, 0.29) is 24.1 Å². The average molecular weight is 328 g/mol. The predicted octanol–water partition coefficient (Wildman–Crippen LogP) is 3.69. The third kappa shape index (κ3) is 3.46. The van der Waals surface area contributed by atoms with Crippen LogP contribution in [0.5, 0.6) is 0 Å². The quantitative estimate of drug-likeness (QED) is 0.929. The molecule has 0 fully saturated rings. The van der Waals surface area contributed by atoms with E-state index in [2.05, 4.69) is 11.4 Å². The Hall–Kier alpha value is -2.52. The Bertz CT molecular complexity index is 776. The number of amides is 1. The molecule has 2 aromatic rings. The minimum Gasteiger partial charge on any atom is -0.469 e. The third-order valence-electron chi connectivity index (χ3n) is 3.54. The fraction of sp³-hybridized carbons (Fsp3) is 0.176. The van der Waals surface area contributed by atoms with Gasteiger partial charge in [0.1, 0.15) is 11.6 Å². The van der Waals surface area contributed by atoms with Crippen molar-refractivity contribution in [3.05, 3.63) is 70.4 Å². The fourth-order valence-electron chi connectivity index (χ4n) is 2.40. The zero-order valence-electron chi connectivity index (χ0n) is 12.1. The number of nitrogens with zero attached hydrogens (tertiary/aromatic N) is 1. The lowest BCUT2D eigenvalue weighted by molar-refractivity contribution is -0.120. The molecule has 1 aliphatic heterocycles. The van der Waals surface area contributed by atoms with Crippen LogP contribution in [-0.4, -0.2) is 5.91 Å². The molecule has 23 heavy (non-hydrogen) atoms. The second kappa shape index (κ2) is 6.71. The monoisotopic (exact) mass is 328 g/mol. The predicted molar refractivity (Wildman–Crippen MR) is 84.5 cm³/mol. The van der Waals surface area contributed by atoms with Gasteiger partial charge in [0.25, 0.3) is 0 Å². The van der Waals surface area contributed by atoms with Crippen molar-refractivity contribution in [3.63, 3.8) is 0 Å². The van der Waals surface area contributed by atoms with Crippen molar-refractivity contribution in [2.75, 3.05) is 0 Å². The Balaban J connectivity index is 1.83. The molecule has 1 amide bonds. The molecule has 6 heteroatoms. The van der Waals surface area contributed by atoms with E-state index in [1.54, 1.807) is 24.3 Å². The number of halogens is 1. The summed E-state index contributed by atoms with van der Waals surface area (Å²) in [6.45, 7) is 0. The normalized spacial score (nSPS) is 17.7. The molecule has 3 rings (SSSR count). The van der Waals surface area contributed by atoms with Crippen LogP contribution in [0.2, 0.25) is 0 Å². The van der Waals surface area contributed by atoms with E-state index in [0.717, 1.165) is 5.56 Å². The van der Waals surface area contributed by atoms with E-state index < -0.39 is 0 Å². The summed E-state index contributed by atoms with van der Waals surface area (Å²) in [4.78, 5) is 11.9. The Morgan fingerprint density at radius 2 is 2.13 bits per heavy atom. The molecule has 1 aromatic carbocycles. The maximum atomic E-state index is 12.9. The van der Waals surface area contributed by atoms with Gasteiger partial charge < -0.3 is 9.73 Å². The second-order valence-electron chi connectivity index (χ2n) is 5.09. The largest absolute Gasteiger partial charge is 0.469 e. The molecule has 0 unspecified atom stereocenters. The van der Waals surface area contributed by atoms with Gasteiger partial charge in [-0.3, -0.25) is 4.79 Å². The smallest absolute Gasteiger partial charge is 0.225 e. The van der Waals surface area contributed by atoms with E-state index in [9.17, 15) is 14.4 Å². The van der Waals surface area contributed by atoms with Crippen molar-refractivity contribution in [1.29, 1.82) is 5.26 Å². The maximum Gasteiger partial charge on any atom is 0.225 e. The summed E-state index contributed by atoms with van der Waals surface area (Å²) in [7, 11) is 0. The van der Waals surface area contributed by atoms with Crippen LogP contribution in [0.4, 0.5) is 4.39 Å². The van der Waals surface area contributed by atoms with Crippen molar-refractivity contribution in [2.24, 2.45) is 0 Å². The number of hydrogen-bond donors (Lipinski definition) is 1. The highest BCUT2D eigenvalue weighted by Crippen LogP contribution is 2.36. The second-order valence-corrected chi connectivity index (χ2v) is 6.08. The maximum absolute atomic E-state index is 12.9.